The minimum absolute atomic E-state index is 0.132. The van der Waals surface area contributed by atoms with Crippen molar-refractivity contribution in [2.24, 2.45) is 17.8 Å². The fourth-order valence-electron chi connectivity index (χ4n) is 6.64. The van der Waals surface area contributed by atoms with Crippen LogP contribution < -0.4 is 5.32 Å². The quantitative estimate of drug-likeness (QED) is 0.354. The molecule has 1 unspecified atom stereocenters. The van der Waals surface area contributed by atoms with Crippen molar-refractivity contribution >= 4 is 28.9 Å². The third-order valence-electron chi connectivity index (χ3n) is 8.73. The Bertz CT molecular complexity index is 1500. The highest BCUT2D eigenvalue weighted by Crippen LogP contribution is 2.38. The van der Waals surface area contributed by atoms with Crippen molar-refractivity contribution in [1.29, 1.82) is 0 Å². The van der Waals surface area contributed by atoms with E-state index in [9.17, 15) is 19.5 Å². The monoisotopic (exact) mass is 587 g/mol. The fraction of sp³-hybridized carbons (Fsp3) is 0.471. The highest BCUT2D eigenvalue weighted by atomic mass is 32.1. The molecule has 1 aliphatic carbocycles. The second kappa shape index (κ2) is 11.7. The molecule has 2 N–H and O–H groups in total. The number of aliphatic hydroxyl groups is 1. The van der Waals surface area contributed by atoms with Crippen LogP contribution in [0.2, 0.25) is 0 Å². The van der Waals surface area contributed by atoms with Gasteiger partial charge in [0.15, 0.2) is 5.78 Å². The van der Waals surface area contributed by atoms with Crippen LogP contribution >= 0.6 is 11.3 Å². The molecule has 2 aliphatic rings. The van der Waals surface area contributed by atoms with Gasteiger partial charge in [-0.1, -0.05) is 65.0 Å². The Hall–Kier alpha value is -3.36. The highest BCUT2D eigenvalue weighted by Gasteiger charge is 2.47. The number of hydrogen-bond acceptors (Lipinski definition) is 6. The summed E-state index contributed by atoms with van der Waals surface area (Å²) in [5.41, 5.74) is 7.50. The Kier molecular flexibility index (Phi) is 8.41. The van der Waals surface area contributed by atoms with Crippen LogP contribution in [0.25, 0.3) is 10.4 Å². The minimum Gasteiger partial charge on any atom is -0.393 e. The fourth-order valence-corrected chi connectivity index (χ4v) is 7.44. The summed E-state index contributed by atoms with van der Waals surface area (Å²) in [7, 11) is 0. The summed E-state index contributed by atoms with van der Waals surface area (Å²) in [6.45, 7) is 13.0. The van der Waals surface area contributed by atoms with Crippen LogP contribution in [0.4, 0.5) is 0 Å². The second-order valence-electron chi connectivity index (χ2n) is 13.1. The Balaban J connectivity index is 1.34. The predicted octanol–water partition coefficient (Wildman–Crippen LogP) is 5.67. The van der Waals surface area contributed by atoms with Crippen LogP contribution in [-0.4, -0.2) is 44.7 Å². The van der Waals surface area contributed by atoms with Gasteiger partial charge in [-0.15, -0.1) is 11.3 Å². The number of hydrogen-bond donors (Lipinski definition) is 2. The number of thiazole rings is 1. The Labute approximate surface area is 252 Å². The predicted molar refractivity (Wildman–Crippen MR) is 165 cm³/mol. The van der Waals surface area contributed by atoms with Gasteiger partial charge in [-0.25, -0.2) is 4.98 Å². The van der Waals surface area contributed by atoms with Crippen LogP contribution in [0, 0.1) is 24.7 Å². The smallest absolute Gasteiger partial charge is 0.255 e. The molecule has 0 saturated heterocycles. The molecule has 222 valence electrons. The van der Waals surface area contributed by atoms with Crippen LogP contribution in [-0.2, 0) is 28.1 Å². The topological polar surface area (TPSA) is 99.6 Å². The maximum Gasteiger partial charge on any atom is 0.255 e. The van der Waals surface area contributed by atoms with E-state index in [-0.39, 0.29) is 41.8 Å². The first-order valence-corrected chi connectivity index (χ1v) is 15.7. The lowest BCUT2D eigenvalue weighted by molar-refractivity contribution is -0.136. The molecule has 7 nitrogen and oxygen atoms in total. The molecule has 4 atom stereocenters. The zero-order valence-electron chi connectivity index (χ0n) is 25.3. The van der Waals surface area contributed by atoms with E-state index < -0.39 is 24.0 Å². The molecule has 5 rings (SSSR count). The van der Waals surface area contributed by atoms with Crippen LogP contribution in [0.15, 0.2) is 48.0 Å². The maximum absolute atomic E-state index is 14.1. The van der Waals surface area contributed by atoms with Crippen molar-refractivity contribution in [3.63, 3.8) is 0 Å². The lowest BCUT2D eigenvalue weighted by atomic mass is 9.82. The second-order valence-corrected chi connectivity index (χ2v) is 14.0. The lowest BCUT2D eigenvalue weighted by Crippen LogP contribution is -2.49. The summed E-state index contributed by atoms with van der Waals surface area (Å²) in [6, 6.07) is 13.1. The molecule has 8 heteroatoms. The average molecular weight is 588 g/mol. The first-order chi connectivity index (χ1) is 19.9. The van der Waals surface area contributed by atoms with Crippen molar-refractivity contribution in [3.8, 4) is 10.4 Å². The van der Waals surface area contributed by atoms with Gasteiger partial charge in [-0.2, -0.15) is 0 Å². The summed E-state index contributed by atoms with van der Waals surface area (Å²) < 4.78 is 0. The van der Waals surface area contributed by atoms with Gasteiger partial charge in [-0.05, 0) is 65.5 Å². The molecular formula is C34H41N3O4S. The molecule has 1 aliphatic heterocycles. The van der Waals surface area contributed by atoms with E-state index in [0.29, 0.717) is 18.7 Å². The van der Waals surface area contributed by atoms with Crippen molar-refractivity contribution in [2.75, 3.05) is 0 Å². The Morgan fingerprint density at radius 2 is 1.83 bits per heavy atom. The van der Waals surface area contributed by atoms with Crippen molar-refractivity contribution in [2.45, 2.75) is 85.0 Å². The molecule has 1 fully saturated rings. The number of nitrogens with one attached hydrogen (secondary N) is 1. The average Bonchev–Trinajstić information content (AvgIpc) is 3.64. The third-order valence-corrected chi connectivity index (χ3v) is 9.70. The van der Waals surface area contributed by atoms with Gasteiger partial charge in [-0.3, -0.25) is 14.4 Å². The lowest BCUT2D eigenvalue weighted by Gasteiger charge is -2.33. The minimum atomic E-state index is -0.735. The number of carbonyl (C=O) groups is 3. The first kappa shape index (κ1) is 30.1. The number of aliphatic hydroxyl groups excluding tert-OH is 1. The van der Waals surface area contributed by atoms with E-state index in [2.05, 4.69) is 49.3 Å². The van der Waals surface area contributed by atoms with E-state index in [4.69, 9.17) is 0 Å². The van der Waals surface area contributed by atoms with Gasteiger partial charge in [0.2, 0.25) is 5.91 Å². The summed E-state index contributed by atoms with van der Waals surface area (Å²) >= 11 is 1.61. The van der Waals surface area contributed by atoms with Crippen LogP contribution in [0.1, 0.15) is 80.2 Å². The number of carbonyl (C=O) groups excluding carboxylic acids is 3. The van der Waals surface area contributed by atoms with Gasteiger partial charge in [0.1, 0.15) is 0 Å². The van der Waals surface area contributed by atoms with Crippen LogP contribution in [0.5, 0.6) is 0 Å². The number of benzene rings is 2. The van der Waals surface area contributed by atoms with E-state index in [1.165, 1.54) is 0 Å². The third kappa shape index (κ3) is 5.79. The molecule has 2 aromatic carbocycles. The summed E-state index contributed by atoms with van der Waals surface area (Å²) in [6.07, 6.45) is -0.275. The van der Waals surface area contributed by atoms with Gasteiger partial charge in [0.25, 0.3) is 5.91 Å². The van der Waals surface area contributed by atoms with Crippen LogP contribution in [0.3, 0.4) is 0 Å². The number of ketones is 1. The standard InChI is InChI=1S/C34H41N3O4S/c1-19(2)29(37-17-23-9-7-8-10-25(23)33(37)41)30(39)26-14-24(38)15-27(26)32(40)35-16-22-12-11-21(13-28(22)34(4,5)6)31-20(3)36-18-42-31/h7-13,18-19,24,26-27,29,38H,14-17H2,1-6H3,(H,35,40)/t24-,26?,27+,29-/m0/s1. The summed E-state index contributed by atoms with van der Waals surface area (Å²) in [5, 5.41) is 13.7. The number of aromatic nitrogens is 1. The van der Waals surface area contributed by atoms with E-state index in [0.717, 1.165) is 32.8 Å². The van der Waals surface area contributed by atoms with Gasteiger partial charge >= 0.3 is 0 Å². The molecule has 0 bridgehead atoms. The number of amides is 2. The van der Waals surface area contributed by atoms with Crippen molar-refractivity contribution in [3.05, 3.63) is 75.9 Å². The zero-order chi connectivity index (χ0) is 30.3. The van der Waals surface area contributed by atoms with Gasteiger partial charge < -0.3 is 15.3 Å². The molecular weight excluding hydrogens is 546 g/mol. The molecule has 2 amide bonds. The number of aryl methyl sites for hydroxylation is 1. The van der Waals surface area contributed by atoms with Gasteiger partial charge in [0.05, 0.1) is 34.1 Å². The molecule has 0 radical (unpaired) electrons. The summed E-state index contributed by atoms with van der Waals surface area (Å²) in [4.78, 5) is 48.2. The summed E-state index contributed by atoms with van der Waals surface area (Å²) in [5.74, 6) is -1.95. The van der Waals surface area contributed by atoms with E-state index in [1.54, 1.807) is 22.3 Å². The molecule has 2 heterocycles. The number of fused-ring (bicyclic) bond motifs is 1. The molecule has 1 aromatic heterocycles. The number of nitrogens with zero attached hydrogens (tertiary/aromatic N) is 2. The molecule has 42 heavy (non-hydrogen) atoms. The number of rotatable bonds is 8. The van der Waals surface area contributed by atoms with Crippen molar-refractivity contribution < 1.29 is 19.5 Å². The molecule has 3 aromatic rings. The SMILES string of the molecule is Cc1ncsc1-c1ccc(CNC(=O)[C@@H]2C[C@@H](O)CC2C(=O)[C@H](C(C)C)N2Cc3ccccc3C2=O)c(C(C)(C)C)c1. The molecule has 1 saturated carbocycles. The Morgan fingerprint density at radius 1 is 1.12 bits per heavy atom. The van der Waals surface area contributed by atoms with Crippen molar-refractivity contribution in [1.82, 2.24) is 15.2 Å². The Morgan fingerprint density at radius 3 is 2.48 bits per heavy atom. The van der Waals surface area contributed by atoms with Gasteiger partial charge in [0, 0.05) is 24.6 Å². The normalized spacial score (nSPS) is 21.1. The zero-order valence-corrected chi connectivity index (χ0v) is 26.1. The molecule has 0 spiro atoms. The highest BCUT2D eigenvalue weighted by molar-refractivity contribution is 7.13. The largest absolute Gasteiger partial charge is 0.393 e. The first-order valence-electron chi connectivity index (χ1n) is 14.8. The number of Topliss-reactive ketones (excluding diaryl/α,β-unsaturated/α-hetero) is 1. The van der Waals surface area contributed by atoms with E-state index in [1.807, 2.05) is 44.5 Å². The maximum atomic E-state index is 14.1. The van der Waals surface area contributed by atoms with E-state index >= 15 is 0 Å².